The van der Waals surface area contributed by atoms with Gasteiger partial charge in [0.1, 0.15) is 5.82 Å². The van der Waals surface area contributed by atoms with Crippen LogP contribution in [0.1, 0.15) is 17.3 Å². The van der Waals surface area contributed by atoms with E-state index >= 15 is 0 Å². The Labute approximate surface area is 121 Å². The van der Waals surface area contributed by atoms with Crippen LogP contribution in [-0.2, 0) is 0 Å². The highest BCUT2D eigenvalue weighted by atomic mass is 35.5. The second-order valence-corrected chi connectivity index (χ2v) is 4.74. The van der Waals surface area contributed by atoms with Crippen molar-refractivity contribution < 1.29 is 9.18 Å². The van der Waals surface area contributed by atoms with Crippen molar-refractivity contribution in [2.45, 2.75) is 6.92 Å². The first-order valence-electron chi connectivity index (χ1n) is 5.33. The molecule has 0 saturated heterocycles. The minimum Gasteiger partial charge on any atom is -0.313 e. The lowest BCUT2D eigenvalue weighted by Gasteiger charge is -2.10. The van der Waals surface area contributed by atoms with Gasteiger partial charge < -0.3 is 4.98 Å². The van der Waals surface area contributed by atoms with Crippen LogP contribution in [0.25, 0.3) is 5.69 Å². The van der Waals surface area contributed by atoms with E-state index in [2.05, 4.69) is 4.98 Å². The number of nitrogens with zero attached hydrogens (tertiary/aromatic N) is 1. The zero-order chi connectivity index (χ0) is 15.0. The molecule has 0 aliphatic rings. The van der Waals surface area contributed by atoms with Gasteiger partial charge in [0.15, 0.2) is 5.78 Å². The number of carbonyl (C=O) groups is 1. The molecular formula is C12H7Cl2FN2O3. The molecule has 0 fully saturated rings. The number of hydrogen-bond acceptors (Lipinski definition) is 3. The zero-order valence-corrected chi connectivity index (χ0v) is 11.5. The Morgan fingerprint density at radius 3 is 2.30 bits per heavy atom. The Bertz CT molecular complexity index is 803. The summed E-state index contributed by atoms with van der Waals surface area (Å²) in [5, 5.41) is -0.438. The van der Waals surface area contributed by atoms with Gasteiger partial charge in [0.2, 0.25) is 0 Å². The Hall–Kier alpha value is -1.92. The highest BCUT2D eigenvalue weighted by molar-refractivity contribution is 6.37. The fraction of sp³-hybridized carbons (Fsp3) is 0.0833. The van der Waals surface area contributed by atoms with E-state index in [9.17, 15) is 18.8 Å². The molecule has 1 heterocycles. The fourth-order valence-electron chi connectivity index (χ4n) is 1.68. The summed E-state index contributed by atoms with van der Waals surface area (Å²) < 4.78 is 13.7. The van der Waals surface area contributed by atoms with Crippen LogP contribution in [0.4, 0.5) is 4.39 Å². The van der Waals surface area contributed by atoms with Crippen LogP contribution in [0.15, 0.2) is 27.9 Å². The van der Waals surface area contributed by atoms with Gasteiger partial charge in [-0.3, -0.25) is 9.59 Å². The average Bonchev–Trinajstić information content (AvgIpc) is 2.31. The van der Waals surface area contributed by atoms with Crippen molar-refractivity contribution in [3.05, 3.63) is 60.6 Å². The number of ketones is 1. The van der Waals surface area contributed by atoms with Crippen LogP contribution in [0.2, 0.25) is 10.0 Å². The second kappa shape index (κ2) is 5.22. The molecule has 0 saturated carbocycles. The molecule has 0 amide bonds. The van der Waals surface area contributed by atoms with Crippen LogP contribution in [0.5, 0.6) is 0 Å². The predicted molar refractivity (Wildman–Crippen MR) is 72.6 cm³/mol. The first-order valence-corrected chi connectivity index (χ1v) is 6.09. The third-order valence-electron chi connectivity index (χ3n) is 2.56. The number of Topliss-reactive ketones (excluding diaryl/α,β-unsaturated/α-hetero) is 1. The second-order valence-electron chi connectivity index (χ2n) is 3.92. The molecule has 0 unspecified atom stereocenters. The van der Waals surface area contributed by atoms with E-state index in [-0.39, 0.29) is 21.3 Å². The van der Waals surface area contributed by atoms with Crippen LogP contribution in [-0.4, -0.2) is 15.3 Å². The van der Waals surface area contributed by atoms with Gasteiger partial charge in [-0.05, 0) is 19.1 Å². The summed E-state index contributed by atoms with van der Waals surface area (Å²) in [7, 11) is 0. The van der Waals surface area contributed by atoms with Crippen molar-refractivity contribution in [2.75, 3.05) is 0 Å². The summed E-state index contributed by atoms with van der Waals surface area (Å²) in [4.78, 5) is 37.5. The molecule has 0 spiro atoms. The summed E-state index contributed by atoms with van der Waals surface area (Å²) in [5.74, 6) is -1.25. The smallest absolute Gasteiger partial charge is 0.313 e. The van der Waals surface area contributed by atoms with E-state index in [0.29, 0.717) is 4.57 Å². The summed E-state index contributed by atoms with van der Waals surface area (Å²) in [6.07, 6.45) is 1.01. The highest BCUT2D eigenvalue weighted by Gasteiger charge is 2.18. The minimum atomic E-state index is -0.878. The molecule has 0 aliphatic heterocycles. The fourth-order valence-corrected chi connectivity index (χ4v) is 2.31. The third kappa shape index (κ3) is 2.39. The molecule has 104 valence electrons. The Morgan fingerprint density at radius 1 is 1.25 bits per heavy atom. The lowest BCUT2D eigenvalue weighted by atomic mass is 10.2. The normalized spacial score (nSPS) is 10.6. The van der Waals surface area contributed by atoms with E-state index in [1.807, 2.05) is 0 Å². The van der Waals surface area contributed by atoms with Crippen LogP contribution >= 0.6 is 23.2 Å². The van der Waals surface area contributed by atoms with Crippen molar-refractivity contribution in [3.63, 3.8) is 0 Å². The van der Waals surface area contributed by atoms with Gasteiger partial charge in [-0.1, -0.05) is 23.2 Å². The van der Waals surface area contributed by atoms with Gasteiger partial charge in [-0.2, -0.15) is 0 Å². The number of rotatable bonds is 2. The monoisotopic (exact) mass is 316 g/mol. The number of nitrogens with one attached hydrogen (secondary N) is 1. The summed E-state index contributed by atoms with van der Waals surface area (Å²) in [5.41, 5.74) is -2.13. The Kier molecular flexibility index (Phi) is 3.78. The SMILES string of the molecule is CC(=O)c1c[nH]c(=O)n(-c2c(Cl)cc(F)cc2Cl)c1=O. The lowest BCUT2D eigenvalue weighted by Crippen LogP contribution is -2.36. The maximum atomic E-state index is 13.1. The molecule has 0 radical (unpaired) electrons. The molecule has 1 aromatic carbocycles. The number of aromatic nitrogens is 2. The number of H-pyrrole nitrogens is 1. The van der Waals surface area contributed by atoms with Gasteiger partial charge in [-0.15, -0.1) is 0 Å². The standard InChI is InChI=1S/C12H7Cl2FN2O3/c1-5(18)7-4-16-12(20)17(11(7)19)10-8(13)2-6(15)3-9(10)14/h2-4H,1H3,(H,16,20). The van der Waals surface area contributed by atoms with Gasteiger partial charge >= 0.3 is 5.69 Å². The van der Waals surface area contributed by atoms with E-state index in [1.165, 1.54) is 6.92 Å². The first kappa shape index (κ1) is 14.5. The van der Waals surface area contributed by atoms with Crippen LogP contribution < -0.4 is 11.2 Å². The molecule has 1 aromatic heterocycles. The van der Waals surface area contributed by atoms with Crippen LogP contribution in [0, 0.1) is 5.82 Å². The molecule has 0 bridgehead atoms. The first-order chi connectivity index (χ1) is 9.32. The molecule has 0 aliphatic carbocycles. The molecule has 1 N–H and O–H groups in total. The van der Waals surface area contributed by atoms with E-state index in [4.69, 9.17) is 23.2 Å². The average molecular weight is 317 g/mol. The summed E-state index contributed by atoms with van der Waals surface area (Å²) >= 11 is 11.6. The topological polar surface area (TPSA) is 71.9 Å². The van der Waals surface area contributed by atoms with Crippen LogP contribution in [0.3, 0.4) is 0 Å². The Balaban J connectivity index is 2.91. The zero-order valence-electron chi connectivity index (χ0n) is 10.0. The predicted octanol–water partition coefficient (Wildman–Crippen LogP) is 2.17. The molecule has 20 heavy (non-hydrogen) atoms. The third-order valence-corrected chi connectivity index (χ3v) is 3.14. The largest absolute Gasteiger partial charge is 0.333 e. The van der Waals surface area contributed by atoms with E-state index < -0.39 is 22.8 Å². The van der Waals surface area contributed by atoms with E-state index in [1.54, 1.807) is 0 Å². The maximum absolute atomic E-state index is 13.1. The maximum Gasteiger partial charge on any atom is 0.333 e. The van der Waals surface area contributed by atoms with Crippen molar-refractivity contribution in [1.29, 1.82) is 0 Å². The van der Waals surface area contributed by atoms with Gasteiger partial charge in [0, 0.05) is 6.20 Å². The minimum absolute atomic E-state index is 0.177. The van der Waals surface area contributed by atoms with E-state index in [0.717, 1.165) is 18.3 Å². The number of carbonyl (C=O) groups excluding carboxylic acids is 1. The number of aromatic amines is 1. The lowest BCUT2D eigenvalue weighted by molar-refractivity contribution is 0.101. The van der Waals surface area contributed by atoms with Gasteiger partial charge in [0.05, 0.1) is 21.3 Å². The molecule has 8 heteroatoms. The number of halogens is 3. The van der Waals surface area contributed by atoms with Crippen molar-refractivity contribution >= 4 is 29.0 Å². The number of benzene rings is 1. The molecule has 2 rings (SSSR count). The molecule has 0 atom stereocenters. The Morgan fingerprint density at radius 2 is 1.80 bits per heavy atom. The molecule has 2 aromatic rings. The molecule has 5 nitrogen and oxygen atoms in total. The van der Waals surface area contributed by atoms with Gasteiger partial charge in [0.25, 0.3) is 5.56 Å². The summed E-state index contributed by atoms with van der Waals surface area (Å²) in [6.45, 7) is 1.17. The summed E-state index contributed by atoms with van der Waals surface area (Å²) in [6, 6.07) is 1.82. The quantitative estimate of drug-likeness (QED) is 0.863. The highest BCUT2D eigenvalue weighted by Crippen LogP contribution is 2.27. The number of hydrogen-bond donors (Lipinski definition) is 1. The van der Waals surface area contributed by atoms with Crippen molar-refractivity contribution in [3.8, 4) is 5.69 Å². The van der Waals surface area contributed by atoms with Gasteiger partial charge in [-0.25, -0.2) is 13.8 Å². The molecular weight excluding hydrogens is 310 g/mol. The van der Waals surface area contributed by atoms with Crippen molar-refractivity contribution in [1.82, 2.24) is 9.55 Å². The van der Waals surface area contributed by atoms with Crippen molar-refractivity contribution in [2.24, 2.45) is 0 Å².